The van der Waals surface area contributed by atoms with Crippen molar-refractivity contribution in [3.05, 3.63) is 29.3 Å². The molecule has 1 saturated heterocycles. The monoisotopic (exact) mass is 383 g/mol. The van der Waals surface area contributed by atoms with Gasteiger partial charge in [0, 0.05) is 24.4 Å². The van der Waals surface area contributed by atoms with E-state index in [9.17, 15) is 13.2 Å². The smallest absolute Gasteiger partial charge is 0.257 e. The number of amides is 1. The van der Waals surface area contributed by atoms with Gasteiger partial charge in [-0.1, -0.05) is 24.8 Å². The molecule has 136 valence electrons. The van der Waals surface area contributed by atoms with Gasteiger partial charge in [0.25, 0.3) is 5.91 Å². The van der Waals surface area contributed by atoms with Gasteiger partial charge in [-0.3, -0.25) is 9.79 Å². The van der Waals surface area contributed by atoms with Gasteiger partial charge in [0.1, 0.15) is 0 Å². The number of thioether (sulfide) groups is 1. The van der Waals surface area contributed by atoms with Crippen molar-refractivity contribution in [3.63, 3.8) is 0 Å². The molecule has 0 bridgehead atoms. The van der Waals surface area contributed by atoms with E-state index in [1.54, 1.807) is 12.1 Å². The summed E-state index contributed by atoms with van der Waals surface area (Å²) < 4.78 is 32.7. The zero-order valence-corrected chi connectivity index (χ0v) is 15.7. The first kappa shape index (κ1) is 18.4. The molecule has 3 rings (SSSR count). The number of aryl methyl sites for hydroxylation is 1. The number of sulfonamides is 1. The fourth-order valence-electron chi connectivity index (χ4n) is 2.73. The van der Waals surface area contributed by atoms with Crippen LogP contribution < -0.4 is 5.32 Å². The number of aliphatic imine (C=N–C) groups is 1. The van der Waals surface area contributed by atoms with Gasteiger partial charge < -0.3 is 10.1 Å². The van der Waals surface area contributed by atoms with Gasteiger partial charge in [-0.15, -0.1) is 0 Å². The molecule has 0 unspecified atom stereocenters. The van der Waals surface area contributed by atoms with Gasteiger partial charge >= 0.3 is 0 Å². The van der Waals surface area contributed by atoms with Crippen molar-refractivity contribution < 1.29 is 17.9 Å². The second kappa shape index (κ2) is 7.86. The van der Waals surface area contributed by atoms with Crippen molar-refractivity contribution in [3.8, 4) is 0 Å². The first-order valence-corrected chi connectivity index (χ1v) is 10.6. The standard InChI is InChI=1S/C16H21N3O4S2/c1-2-12-3-4-13(15(20)18-16-17-5-10-24-16)11-14(12)25(21,22)19-6-8-23-9-7-19/h3-4,11H,2,5-10H2,1H3,(H,17,18,20). The molecular formula is C16H21N3O4S2. The zero-order chi connectivity index (χ0) is 17.9. The van der Waals surface area contributed by atoms with Crippen molar-refractivity contribution in [1.82, 2.24) is 9.62 Å². The summed E-state index contributed by atoms with van der Waals surface area (Å²) in [6.07, 6.45) is 0.573. The minimum Gasteiger partial charge on any atom is -0.379 e. The number of hydrogen-bond acceptors (Lipinski definition) is 6. The van der Waals surface area contributed by atoms with Gasteiger partial charge in [0.2, 0.25) is 10.0 Å². The number of carbonyl (C=O) groups is 1. The molecule has 9 heteroatoms. The molecule has 1 fully saturated rings. The summed E-state index contributed by atoms with van der Waals surface area (Å²) >= 11 is 1.48. The number of nitrogens with one attached hydrogen (secondary N) is 1. The fourth-order valence-corrected chi connectivity index (χ4v) is 5.19. The zero-order valence-electron chi connectivity index (χ0n) is 14.0. The maximum absolute atomic E-state index is 13.0. The number of ether oxygens (including phenoxy) is 1. The second-order valence-corrected chi connectivity index (χ2v) is 8.67. The number of rotatable bonds is 4. The first-order valence-electron chi connectivity index (χ1n) is 8.22. The minimum absolute atomic E-state index is 0.200. The lowest BCUT2D eigenvalue weighted by atomic mass is 10.1. The van der Waals surface area contributed by atoms with Gasteiger partial charge in [-0.05, 0) is 24.1 Å². The van der Waals surface area contributed by atoms with E-state index in [4.69, 9.17) is 4.74 Å². The molecule has 2 aliphatic rings. The predicted molar refractivity (Wildman–Crippen MR) is 97.6 cm³/mol. The summed E-state index contributed by atoms with van der Waals surface area (Å²) in [7, 11) is -3.65. The first-order chi connectivity index (χ1) is 12.0. The lowest BCUT2D eigenvalue weighted by molar-refractivity contribution is 0.0730. The lowest BCUT2D eigenvalue weighted by Gasteiger charge is -2.27. The quantitative estimate of drug-likeness (QED) is 0.841. The van der Waals surface area contributed by atoms with E-state index in [2.05, 4.69) is 10.3 Å². The average Bonchev–Trinajstić information content (AvgIpc) is 3.15. The van der Waals surface area contributed by atoms with Crippen LogP contribution in [0.4, 0.5) is 0 Å². The van der Waals surface area contributed by atoms with Crippen LogP contribution in [0.3, 0.4) is 0 Å². The average molecular weight is 383 g/mol. The fraction of sp³-hybridized carbons (Fsp3) is 0.500. The Morgan fingerprint density at radius 2 is 2.12 bits per heavy atom. The Labute approximate surface area is 151 Å². The number of amidine groups is 1. The van der Waals surface area contributed by atoms with Crippen LogP contribution in [0.15, 0.2) is 28.1 Å². The molecule has 2 aliphatic heterocycles. The highest BCUT2D eigenvalue weighted by molar-refractivity contribution is 8.14. The summed E-state index contributed by atoms with van der Waals surface area (Å²) in [5.74, 6) is 0.510. The number of nitrogens with zero attached hydrogens (tertiary/aromatic N) is 2. The highest BCUT2D eigenvalue weighted by atomic mass is 32.2. The van der Waals surface area contributed by atoms with Crippen LogP contribution in [0, 0.1) is 0 Å². The molecule has 0 radical (unpaired) electrons. The van der Waals surface area contributed by atoms with Crippen molar-refractivity contribution >= 4 is 32.9 Å². The summed E-state index contributed by atoms with van der Waals surface area (Å²) in [5.41, 5.74) is 1.02. The predicted octanol–water partition coefficient (Wildman–Crippen LogP) is 1.10. The molecule has 0 atom stereocenters. The minimum atomic E-state index is -3.65. The lowest BCUT2D eigenvalue weighted by Crippen LogP contribution is -2.41. The van der Waals surface area contributed by atoms with E-state index in [-0.39, 0.29) is 10.8 Å². The van der Waals surface area contributed by atoms with E-state index >= 15 is 0 Å². The largest absolute Gasteiger partial charge is 0.379 e. The molecule has 2 heterocycles. The Bertz CT molecular complexity index is 787. The molecule has 1 N–H and O–H groups in total. The molecule has 7 nitrogen and oxygen atoms in total. The van der Waals surface area contributed by atoms with E-state index in [0.717, 1.165) is 5.75 Å². The number of morpholine rings is 1. The van der Waals surface area contributed by atoms with Crippen LogP contribution in [0.25, 0.3) is 0 Å². The van der Waals surface area contributed by atoms with Gasteiger partial charge in [-0.25, -0.2) is 8.42 Å². The molecule has 0 spiro atoms. The third kappa shape index (κ3) is 4.05. The van der Waals surface area contributed by atoms with Crippen molar-refractivity contribution in [1.29, 1.82) is 0 Å². The Morgan fingerprint density at radius 1 is 1.36 bits per heavy atom. The molecule has 0 aliphatic carbocycles. The van der Waals surface area contributed by atoms with Crippen LogP contribution in [-0.4, -0.2) is 62.4 Å². The molecule has 0 saturated carbocycles. The molecule has 1 aromatic carbocycles. The third-order valence-electron chi connectivity index (χ3n) is 4.10. The SMILES string of the molecule is CCc1ccc(C(=O)NC2=NCCS2)cc1S(=O)(=O)N1CCOCC1. The summed E-state index contributed by atoms with van der Waals surface area (Å²) in [5, 5.41) is 3.32. The molecule has 25 heavy (non-hydrogen) atoms. The van der Waals surface area contributed by atoms with Crippen LogP contribution >= 0.6 is 11.8 Å². The van der Waals surface area contributed by atoms with Gasteiger partial charge in [-0.2, -0.15) is 4.31 Å². The maximum Gasteiger partial charge on any atom is 0.257 e. The van der Waals surface area contributed by atoms with Gasteiger partial charge in [0.15, 0.2) is 5.17 Å². The van der Waals surface area contributed by atoms with E-state index < -0.39 is 10.0 Å². The Morgan fingerprint density at radius 3 is 2.76 bits per heavy atom. The van der Waals surface area contributed by atoms with E-state index in [1.807, 2.05) is 6.92 Å². The Balaban J connectivity index is 1.90. The van der Waals surface area contributed by atoms with E-state index in [0.29, 0.717) is 55.6 Å². The van der Waals surface area contributed by atoms with Crippen LogP contribution in [0.2, 0.25) is 0 Å². The van der Waals surface area contributed by atoms with Crippen molar-refractivity contribution in [2.75, 3.05) is 38.6 Å². The Kier molecular flexibility index (Phi) is 5.78. The second-order valence-electron chi connectivity index (χ2n) is 5.68. The number of hydrogen-bond donors (Lipinski definition) is 1. The Hall–Kier alpha value is -1.42. The third-order valence-corrected chi connectivity index (χ3v) is 6.98. The molecule has 1 aromatic rings. The van der Waals surface area contributed by atoms with Crippen molar-refractivity contribution in [2.24, 2.45) is 4.99 Å². The highest BCUT2D eigenvalue weighted by Crippen LogP contribution is 2.23. The summed E-state index contributed by atoms with van der Waals surface area (Å²) in [6, 6.07) is 4.84. The molecule has 1 amide bonds. The van der Waals surface area contributed by atoms with E-state index in [1.165, 1.54) is 22.1 Å². The maximum atomic E-state index is 13.0. The van der Waals surface area contributed by atoms with Crippen LogP contribution in [0.1, 0.15) is 22.8 Å². The van der Waals surface area contributed by atoms with Crippen LogP contribution in [0.5, 0.6) is 0 Å². The number of carbonyl (C=O) groups excluding carboxylic acids is 1. The van der Waals surface area contributed by atoms with Crippen LogP contribution in [-0.2, 0) is 21.2 Å². The highest BCUT2D eigenvalue weighted by Gasteiger charge is 2.29. The number of benzene rings is 1. The van der Waals surface area contributed by atoms with Crippen molar-refractivity contribution in [2.45, 2.75) is 18.2 Å². The summed E-state index contributed by atoms with van der Waals surface area (Å²) in [4.78, 5) is 16.8. The molecule has 0 aromatic heterocycles. The molecular weight excluding hydrogens is 362 g/mol. The normalized spacial score (nSPS) is 18.8. The summed E-state index contributed by atoms with van der Waals surface area (Å²) in [6.45, 7) is 4.02. The topological polar surface area (TPSA) is 88.1 Å². The van der Waals surface area contributed by atoms with Gasteiger partial charge in [0.05, 0.1) is 24.7 Å².